The molecule has 2 aliphatic heterocycles. The molecule has 2 fully saturated rings. The highest BCUT2D eigenvalue weighted by Gasteiger charge is 2.37. The normalized spacial score (nSPS) is 28.4. The van der Waals surface area contributed by atoms with Crippen molar-refractivity contribution in [2.45, 2.75) is 50.7 Å². The summed E-state index contributed by atoms with van der Waals surface area (Å²) in [5.41, 5.74) is 1.34. The molecule has 2 bridgehead atoms. The highest BCUT2D eigenvalue weighted by molar-refractivity contribution is 9.10. The molecular formula is C15H18BrNO. The highest BCUT2D eigenvalue weighted by atomic mass is 79.9. The van der Waals surface area contributed by atoms with Crippen LogP contribution in [0.4, 0.5) is 0 Å². The first-order valence-corrected chi connectivity index (χ1v) is 7.53. The zero-order chi connectivity index (χ0) is 12.5. The van der Waals surface area contributed by atoms with E-state index in [0.717, 1.165) is 23.9 Å². The predicted molar refractivity (Wildman–Crippen MR) is 75.4 cm³/mol. The van der Waals surface area contributed by atoms with Crippen LogP contribution < -0.4 is 0 Å². The van der Waals surface area contributed by atoms with E-state index in [1.807, 2.05) is 0 Å². The molecule has 3 heteroatoms. The Hall–Kier alpha value is -0.670. The van der Waals surface area contributed by atoms with Crippen molar-refractivity contribution in [1.82, 2.24) is 4.90 Å². The number of carbonyl (C=O) groups is 1. The number of piperidine rings is 2. The second-order valence-electron chi connectivity index (χ2n) is 5.49. The van der Waals surface area contributed by atoms with Gasteiger partial charge in [-0.05, 0) is 30.5 Å². The van der Waals surface area contributed by atoms with Gasteiger partial charge in [0.05, 0.1) is 0 Å². The van der Waals surface area contributed by atoms with Gasteiger partial charge in [-0.3, -0.25) is 9.69 Å². The standard InChI is InChI=1S/C15H18BrNO/c16-12-4-1-3-11(7-12)10-17-13-5-2-6-14(17)9-15(18)8-13/h1,3-4,7,13-14H,2,5-6,8-10H2. The highest BCUT2D eigenvalue weighted by Crippen LogP contribution is 2.33. The number of halogens is 1. The van der Waals surface area contributed by atoms with Crippen molar-refractivity contribution in [3.8, 4) is 0 Å². The molecule has 0 aliphatic carbocycles. The Morgan fingerprint density at radius 1 is 1.22 bits per heavy atom. The summed E-state index contributed by atoms with van der Waals surface area (Å²) < 4.78 is 1.14. The molecule has 0 aromatic heterocycles. The quantitative estimate of drug-likeness (QED) is 0.833. The fourth-order valence-corrected chi connectivity index (χ4v) is 3.82. The average molecular weight is 308 g/mol. The summed E-state index contributed by atoms with van der Waals surface area (Å²) in [5.74, 6) is 0.468. The average Bonchev–Trinajstić information content (AvgIpc) is 2.30. The fourth-order valence-electron chi connectivity index (χ4n) is 3.37. The molecule has 1 aromatic carbocycles. The zero-order valence-corrected chi connectivity index (χ0v) is 12.0. The maximum Gasteiger partial charge on any atom is 0.136 e. The summed E-state index contributed by atoms with van der Waals surface area (Å²) in [6, 6.07) is 9.49. The number of ketones is 1. The van der Waals surface area contributed by atoms with Crippen molar-refractivity contribution in [2.24, 2.45) is 0 Å². The predicted octanol–water partition coefficient (Wildman–Crippen LogP) is 3.54. The van der Waals surface area contributed by atoms with E-state index in [1.165, 1.54) is 24.8 Å². The van der Waals surface area contributed by atoms with E-state index in [9.17, 15) is 4.79 Å². The lowest BCUT2D eigenvalue weighted by Gasteiger charge is -2.45. The first kappa shape index (κ1) is 12.4. The van der Waals surface area contributed by atoms with Gasteiger partial charge in [0.2, 0.25) is 0 Å². The number of hydrogen-bond donors (Lipinski definition) is 0. The Balaban J connectivity index is 1.77. The number of Topliss-reactive ketones (excluding diaryl/α,β-unsaturated/α-hetero) is 1. The van der Waals surface area contributed by atoms with Crippen molar-refractivity contribution >= 4 is 21.7 Å². The summed E-state index contributed by atoms with van der Waals surface area (Å²) >= 11 is 3.53. The molecule has 3 rings (SSSR count). The molecule has 2 nitrogen and oxygen atoms in total. The first-order valence-electron chi connectivity index (χ1n) is 6.74. The topological polar surface area (TPSA) is 20.3 Å². The molecule has 2 saturated heterocycles. The van der Waals surface area contributed by atoms with Crippen molar-refractivity contribution in [1.29, 1.82) is 0 Å². The SMILES string of the molecule is O=C1CC2CCCC(C1)N2Cc1cccc(Br)c1. The van der Waals surface area contributed by atoms with E-state index in [-0.39, 0.29) is 0 Å². The van der Waals surface area contributed by atoms with Crippen LogP contribution in [0.3, 0.4) is 0 Å². The lowest BCUT2D eigenvalue weighted by atomic mass is 9.83. The Morgan fingerprint density at radius 3 is 2.61 bits per heavy atom. The molecular weight excluding hydrogens is 290 g/mol. The van der Waals surface area contributed by atoms with Crippen molar-refractivity contribution in [3.05, 3.63) is 34.3 Å². The first-order chi connectivity index (χ1) is 8.72. The largest absolute Gasteiger partial charge is 0.300 e. The second kappa shape index (κ2) is 5.14. The minimum Gasteiger partial charge on any atom is -0.300 e. The second-order valence-corrected chi connectivity index (χ2v) is 6.40. The van der Waals surface area contributed by atoms with Gasteiger partial charge in [-0.25, -0.2) is 0 Å². The van der Waals surface area contributed by atoms with Gasteiger partial charge in [0.25, 0.3) is 0 Å². The van der Waals surface area contributed by atoms with Gasteiger partial charge >= 0.3 is 0 Å². The molecule has 1 aromatic rings. The molecule has 0 saturated carbocycles. The summed E-state index contributed by atoms with van der Waals surface area (Å²) in [4.78, 5) is 14.3. The summed E-state index contributed by atoms with van der Waals surface area (Å²) in [7, 11) is 0. The molecule has 2 unspecified atom stereocenters. The molecule has 18 heavy (non-hydrogen) atoms. The van der Waals surface area contributed by atoms with Gasteiger partial charge in [-0.1, -0.05) is 34.5 Å². The van der Waals surface area contributed by atoms with E-state index >= 15 is 0 Å². The number of nitrogens with zero attached hydrogens (tertiary/aromatic N) is 1. The van der Waals surface area contributed by atoms with Gasteiger partial charge in [-0.15, -0.1) is 0 Å². The molecule has 2 heterocycles. The third-order valence-corrected chi connectivity index (χ3v) is 4.69. The third kappa shape index (κ3) is 2.52. The van der Waals surface area contributed by atoms with Crippen molar-refractivity contribution in [3.63, 3.8) is 0 Å². The van der Waals surface area contributed by atoms with Crippen LogP contribution in [0, 0.1) is 0 Å². The zero-order valence-electron chi connectivity index (χ0n) is 10.4. The maximum atomic E-state index is 11.7. The minimum atomic E-state index is 0.468. The molecule has 0 N–H and O–H groups in total. The van der Waals surface area contributed by atoms with Gasteiger partial charge in [0, 0.05) is 35.9 Å². The van der Waals surface area contributed by atoms with Gasteiger partial charge in [0.1, 0.15) is 5.78 Å². The smallest absolute Gasteiger partial charge is 0.136 e. The van der Waals surface area contributed by atoms with E-state index in [1.54, 1.807) is 0 Å². The molecule has 2 atom stereocenters. The third-order valence-electron chi connectivity index (χ3n) is 4.19. The number of hydrogen-bond acceptors (Lipinski definition) is 2. The van der Waals surface area contributed by atoms with Crippen LogP contribution >= 0.6 is 15.9 Å². The van der Waals surface area contributed by atoms with Crippen LogP contribution in [0.1, 0.15) is 37.7 Å². The maximum absolute atomic E-state index is 11.7. The molecule has 0 spiro atoms. The summed E-state index contributed by atoms with van der Waals surface area (Å²) in [6.07, 6.45) is 5.21. The van der Waals surface area contributed by atoms with E-state index < -0.39 is 0 Å². The fraction of sp³-hybridized carbons (Fsp3) is 0.533. The molecule has 2 aliphatic rings. The number of benzene rings is 1. The van der Waals surface area contributed by atoms with Crippen LogP contribution in [0.2, 0.25) is 0 Å². The van der Waals surface area contributed by atoms with Crippen LogP contribution in [0.5, 0.6) is 0 Å². The van der Waals surface area contributed by atoms with Gasteiger partial charge in [0.15, 0.2) is 0 Å². The van der Waals surface area contributed by atoms with Crippen LogP contribution in [0.25, 0.3) is 0 Å². The molecule has 0 amide bonds. The molecule has 0 radical (unpaired) electrons. The number of rotatable bonds is 2. The van der Waals surface area contributed by atoms with E-state index in [4.69, 9.17) is 0 Å². The van der Waals surface area contributed by atoms with E-state index in [2.05, 4.69) is 45.1 Å². The van der Waals surface area contributed by atoms with Gasteiger partial charge in [-0.2, -0.15) is 0 Å². The summed E-state index contributed by atoms with van der Waals surface area (Å²) in [6.45, 7) is 0.988. The van der Waals surface area contributed by atoms with Crippen molar-refractivity contribution in [2.75, 3.05) is 0 Å². The number of carbonyl (C=O) groups excluding carboxylic acids is 1. The van der Waals surface area contributed by atoms with Gasteiger partial charge < -0.3 is 0 Å². The Kier molecular flexibility index (Phi) is 3.53. The van der Waals surface area contributed by atoms with Crippen LogP contribution in [-0.4, -0.2) is 22.8 Å². The van der Waals surface area contributed by atoms with Crippen molar-refractivity contribution < 1.29 is 4.79 Å². The summed E-state index contributed by atoms with van der Waals surface area (Å²) in [5, 5.41) is 0. The lowest BCUT2D eigenvalue weighted by molar-refractivity contribution is -0.127. The lowest BCUT2D eigenvalue weighted by Crippen LogP contribution is -2.51. The molecule has 96 valence electrons. The Bertz CT molecular complexity index is 444. The van der Waals surface area contributed by atoms with Crippen LogP contribution in [-0.2, 0) is 11.3 Å². The monoisotopic (exact) mass is 307 g/mol. The van der Waals surface area contributed by atoms with Crippen LogP contribution in [0.15, 0.2) is 28.7 Å². The Labute approximate surface area is 116 Å². The minimum absolute atomic E-state index is 0.468. The van der Waals surface area contributed by atoms with E-state index in [0.29, 0.717) is 17.9 Å². The number of fused-ring (bicyclic) bond motifs is 2. The Morgan fingerprint density at radius 2 is 1.94 bits per heavy atom.